The van der Waals surface area contributed by atoms with Gasteiger partial charge in [-0.25, -0.2) is 4.98 Å². The van der Waals surface area contributed by atoms with Gasteiger partial charge in [0.2, 0.25) is 0 Å². The van der Waals surface area contributed by atoms with Crippen LogP contribution in [-0.2, 0) is 13.1 Å². The Kier molecular flexibility index (Phi) is 14.3. The molecule has 0 saturated heterocycles. The molecule has 0 aliphatic heterocycles. The second-order valence-corrected chi connectivity index (χ2v) is 3.85. The summed E-state index contributed by atoms with van der Waals surface area (Å²) < 4.78 is 2.06. The van der Waals surface area contributed by atoms with Gasteiger partial charge in [-0.1, -0.05) is 63.6 Å². The number of nitrogens with two attached hydrogens (primary N) is 1. The molecule has 0 aliphatic carbocycles. The van der Waals surface area contributed by atoms with Gasteiger partial charge in [-0.05, 0) is 13.8 Å². The highest BCUT2D eigenvalue weighted by atomic mass is 15.0. The summed E-state index contributed by atoms with van der Waals surface area (Å²) in [5.74, 6) is 0. The summed E-state index contributed by atoms with van der Waals surface area (Å²) >= 11 is 0. The van der Waals surface area contributed by atoms with E-state index in [1.165, 1.54) is 11.1 Å². The van der Waals surface area contributed by atoms with Crippen molar-refractivity contribution < 1.29 is 0 Å². The lowest BCUT2D eigenvalue weighted by Crippen LogP contribution is -2.07. The minimum atomic E-state index is 0.523. The molecule has 0 aliphatic rings. The molecule has 0 aromatic carbocycles. The highest BCUT2D eigenvalue weighted by molar-refractivity contribution is 5.24. The number of nitrogens with zero attached hydrogens (tertiary/aromatic N) is 2. The Bertz CT molecular complexity index is 412. The van der Waals surface area contributed by atoms with E-state index in [1.54, 1.807) is 12.3 Å². The quantitative estimate of drug-likeness (QED) is 0.807. The first-order valence-corrected chi connectivity index (χ1v) is 7.33. The van der Waals surface area contributed by atoms with Crippen LogP contribution in [0.15, 0.2) is 48.5 Å². The van der Waals surface area contributed by atoms with Crippen molar-refractivity contribution >= 4 is 0 Å². The van der Waals surface area contributed by atoms with E-state index >= 15 is 0 Å². The zero-order valence-electron chi connectivity index (χ0n) is 14.0. The van der Waals surface area contributed by atoms with Crippen molar-refractivity contribution in [1.29, 1.82) is 0 Å². The minimum Gasteiger partial charge on any atom is -0.329 e. The van der Waals surface area contributed by atoms with Crippen molar-refractivity contribution in [3.05, 3.63) is 54.2 Å². The van der Waals surface area contributed by atoms with Crippen molar-refractivity contribution in [2.75, 3.05) is 0 Å². The lowest BCUT2D eigenvalue weighted by atomic mass is 10.2. The van der Waals surface area contributed by atoms with Gasteiger partial charge in [0, 0.05) is 19.3 Å². The molecule has 0 unspecified atom stereocenters. The van der Waals surface area contributed by atoms with Gasteiger partial charge in [-0.3, -0.25) is 0 Å². The number of hydrogen-bond acceptors (Lipinski definition) is 2. The number of allylic oxidation sites excluding steroid dienone is 5. The molecule has 20 heavy (non-hydrogen) atoms. The molecule has 0 atom stereocenters. The highest BCUT2D eigenvalue weighted by Gasteiger charge is 1.99. The second kappa shape index (κ2) is 13.8. The minimum absolute atomic E-state index is 0.523. The third-order valence-electron chi connectivity index (χ3n) is 2.28. The van der Waals surface area contributed by atoms with E-state index in [0.717, 1.165) is 12.2 Å². The number of hydrogen-bond donors (Lipinski definition) is 1. The van der Waals surface area contributed by atoms with Gasteiger partial charge in [-0.15, -0.1) is 0 Å². The Morgan fingerprint density at radius 2 is 1.90 bits per heavy atom. The molecule has 0 amide bonds. The fourth-order valence-corrected chi connectivity index (χ4v) is 1.60. The normalized spacial score (nSPS) is 10.9. The van der Waals surface area contributed by atoms with Crippen molar-refractivity contribution in [3.8, 4) is 0 Å². The SMILES string of the molecule is C=C/C=C(C)\C=C(/C)Cn1cncc1CN.CC.CC. The molecule has 0 saturated carbocycles. The first kappa shape index (κ1) is 20.7. The molecular formula is C17H31N3. The van der Waals surface area contributed by atoms with Crippen LogP contribution in [0.25, 0.3) is 0 Å². The molecule has 3 nitrogen and oxygen atoms in total. The van der Waals surface area contributed by atoms with Crippen LogP contribution >= 0.6 is 0 Å². The summed E-state index contributed by atoms with van der Waals surface area (Å²) in [5.41, 5.74) is 9.13. The number of imidazole rings is 1. The fraction of sp³-hybridized carbons (Fsp3) is 0.471. The maximum Gasteiger partial charge on any atom is 0.0951 e. The zero-order chi connectivity index (χ0) is 16.0. The van der Waals surface area contributed by atoms with E-state index in [2.05, 4.69) is 36.1 Å². The number of rotatable bonds is 5. The topological polar surface area (TPSA) is 43.8 Å². The summed E-state index contributed by atoms with van der Waals surface area (Å²) in [6, 6.07) is 0. The zero-order valence-corrected chi connectivity index (χ0v) is 14.0. The van der Waals surface area contributed by atoms with Crippen molar-refractivity contribution in [2.45, 2.75) is 54.6 Å². The smallest absolute Gasteiger partial charge is 0.0951 e. The first-order valence-electron chi connectivity index (χ1n) is 7.33. The maximum atomic E-state index is 5.61. The third kappa shape index (κ3) is 8.48. The van der Waals surface area contributed by atoms with Crippen LogP contribution in [0, 0.1) is 0 Å². The molecule has 0 radical (unpaired) electrons. The molecule has 1 aromatic rings. The van der Waals surface area contributed by atoms with Gasteiger partial charge in [0.1, 0.15) is 0 Å². The molecule has 2 N–H and O–H groups in total. The van der Waals surface area contributed by atoms with E-state index in [-0.39, 0.29) is 0 Å². The van der Waals surface area contributed by atoms with E-state index < -0.39 is 0 Å². The van der Waals surface area contributed by atoms with Crippen LogP contribution < -0.4 is 5.73 Å². The summed E-state index contributed by atoms with van der Waals surface area (Å²) in [6.45, 7) is 17.2. The fourth-order valence-electron chi connectivity index (χ4n) is 1.60. The first-order chi connectivity index (χ1) is 9.67. The van der Waals surface area contributed by atoms with Crippen molar-refractivity contribution in [3.63, 3.8) is 0 Å². The Morgan fingerprint density at radius 3 is 2.40 bits per heavy atom. The number of aromatic nitrogens is 2. The summed E-state index contributed by atoms with van der Waals surface area (Å²) in [6.07, 6.45) is 9.54. The predicted octanol–water partition coefficient (Wildman–Crippen LogP) is 4.47. The maximum absolute atomic E-state index is 5.61. The van der Waals surface area contributed by atoms with Gasteiger partial charge in [-0.2, -0.15) is 0 Å². The lowest BCUT2D eigenvalue weighted by molar-refractivity contribution is 0.729. The molecular weight excluding hydrogens is 246 g/mol. The molecule has 0 spiro atoms. The van der Waals surface area contributed by atoms with Crippen molar-refractivity contribution in [2.24, 2.45) is 5.73 Å². The van der Waals surface area contributed by atoms with Gasteiger partial charge >= 0.3 is 0 Å². The molecule has 1 heterocycles. The van der Waals surface area contributed by atoms with E-state index in [4.69, 9.17) is 5.73 Å². The van der Waals surface area contributed by atoms with E-state index in [1.807, 2.05) is 40.1 Å². The molecule has 0 fully saturated rings. The summed E-state index contributed by atoms with van der Waals surface area (Å²) in [7, 11) is 0. The predicted molar refractivity (Wildman–Crippen MR) is 90.5 cm³/mol. The summed E-state index contributed by atoms with van der Waals surface area (Å²) in [5, 5.41) is 0. The average Bonchev–Trinajstić information content (AvgIpc) is 2.90. The van der Waals surface area contributed by atoms with Gasteiger partial charge in [0.25, 0.3) is 0 Å². The van der Waals surface area contributed by atoms with Crippen LogP contribution in [0.3, 0.4) is 0 Å². The van der Waals surface area contributed by atoms with Crippen LogP contribution in [0.4, 0.5) is 0 Å². The Morgan fingerprint density at radius 1 is 1.30 bits per heavy atom. The van der Waals surface area contributed by atoms with Crippen LogP contribution in [0.2, 0.25) is 0 Å². The van der Waals surface area contributed by atoms with Gasteiger partial charge < -0.3 is 10.3 Å². The Balaban J connectivity index is 0. The molecule has 1 aromatic heterocycles. The standard InChI is InChI=1S/C13H19N3.2C2H6/c1-4-5-11(2)6-12(3)9-16-10-15-8-13(16)7-14;2*1-2/h4-6,8,10H,1,7,9,14H2,2-3H3;2*1-2H3/b11-5-,12-6+;;. The monoisotopic (exact) mass is 277 g/mol. The summed E-state index contributed by atoms with van der Waals surface area (Å²) in [4.78, 5) is 4.09. The van der Waals surface area contributed by atoms with E-state index in [0.29, 0.717) is 6.54 Å². The van der Waals surface area contributed by atoms with Crippen LogP contribution in [0.5, 0.6) is 0 Å². The lowest BCUT2D eigenvalue weighted by Gasteiger charge is -2.06. The van der Waals surface area contributed by atoms with Crippen molar-refractivity contribution in [1.82, 2.24) is 9.55 Å². The van der Waals surface area contributed by atoms with E-state index in [9.17, 15) is 0 Å². The third-order valence-corrected chi connectivity index (χ3v) is 2.28. The second-order valence-electron chi connectivity index (χ2n) is 3.85. The van der Waals surface area contributed by atoms with Crippen LogP contribution in [0.1, 0.15) is 47.2 Å². The molecule has 0 bridgehead atoms. The highest BCUT2D eigenvalue weighted by Crippen LogP contribution is 2.07. The van der Waals surface area contributed by atoms with Crippen LogP contribution in [-0.4, -0.2) is 9.55 Å². The molecule has 3 heteroatoms. The average molecular weight is 277 g/mol. The van der Waals surface area contributed by atoms with Gasteiger partial charge in [0.15, 0.2) is 0 Å². The Labute approximate surface area is 124 Å². The molecule has 1 rings (SSSR count). The van der Waals surface area contributed by atoms with Gasteiger partial charge in [0.05, 0.1) is 12.0 Å². The largest absolute Gasteiger partial charge is 0.329 e. The Hall–Kier alpha value is -1.61. The molecule has 114 valence electrons.